The molecule has 7 nitrogen and oxygen atoms in total. The summed E-state index contributed by atoms with van der Waals surface area (Å²) in [5, 5.41) is 12.3. The highest BCUT2D eigenvalue weighted by atomic mass is 16.2. The van der Waals surface area contributed by atoms with Crippen LogP contribution in [0, 0.1) is 12.8 Å². The van der Waals surface area contributed by atoms with Crippen LogP contribution in [0.5, 0.6) is 0 Å². The molecule has 7 heteroatoms. The topological polar surface area (TPSA) is 83.0 Å². The standard InChI is InChI=1S/C23H23N5O2/c1-15-6-7-20-16(12-15)8-10-27(20)11-9-24-23(30)17-13-21(29)28(14-17)22-18-4-2-3-5-19(18)25-26-22/h2-8,10,12,17H,9,11,13-14H2,1H3,(H,24,30)(H,25,26)/t17-/m1/s1. The maximum absolute atomic E-state index is 12.7. The Kier molecular flexibility index (Phi) is 4.50. The number of aromatic amines is 1. The number of hydrogen-bond acceptors (Lipinski definition) is 3. The van der Waals surface area contributed by atoms with Crippen LogP contribution in [0.1, 0.15) is 12.0 Å². The fourth-order valence-corrected chi connectivity index (χ4v) is 4.20. The van der Waals surface area contributed by atoms with E-state index in [-0.39, 0.29) is 24.2 Å². The third kappa shape index (κ3) is 3.22. The second-order valence-corrected chi connectivity index (χ2v) is 7.86. The van der Waals surface area contributed by atoms with Gasteiger partial charge >= 0.3 is 0 Å². The van der Waals surface area contributed by atoms with Gasteiger partial charge in [0.2, 0.25) is 11.8 Å². The average Bonchev–Trinajstić information content (AvgIpc) is 3.44. The van der Waals surface area contributed by atoms with Gasteiger partial charge in [-0.1, -0.05) is 23.8 Å². The highest BCUT2D eigenvalue weighted by Crippen LogP contribution is 2.29. The Morgan fingerprint density at radius 1 is 1.23 bits per heavy atom. The van der Waals surface area contributed by atoms with Crippen molar-refractivity contribution in [2.45, 2.75) is 19.9 Å². The zero-order valence-corrected chi connectivity index (χ0v) is 16.8. The Morgan fingerprint density at radius 3 is 3.00 bits per heavy atom. The molecular weight excluding hydrogens is 378 g/mol. The fraction of sp³-hybridized carbons (Fsp3) is 0.261. The minimum absolute atomic E-state index is 0.0702. The van der Waals surface area contributed by atoms with Gasteiger partial charge in [0.25, 0.3) is 0 Å². The molecule has 1 aliphatic heterocycles. The van der Waals surface area contributed by atoms with Crippen LogP contribution in [0.3, 0.4) is 0 Å². The van der Waals surface area contributed by atoms with Gasteiger partial charge in [-0.25, -0.2) is 0 Å². The Bertz CT molecular complexity index is 1250. The highest BCUT2D eigenvalue weighted by molar-refractivity contribution is 6.05. The van der Waals surface area contributed by atoms with Crippen LogP contribution < -0.4 is 10.2 Å². The number of fused-ring (bicyclic) bond motifs is 2. The lowest BCUT2D eigenvalue weighted by Gasteiger charge is -2.14. The van der Waals surface area contributed by atoms with E-state index < -0.39 is 0 Å². The van der Waals surface area contributed by atoms with E-state index in [0.29, 0.717) is 25.5 Å². The Hall–Kier alpha value is -3.61. The van der Waals surface area contributed by atoms with E-state index >= 15 is 0 Å². The smallest absolute Gasteiger partial charge is 0.229 e. The summed E-state index contributed by atoms with van der Waals surface area (Å²) in [6, 6.07) is 16.1. The first-order valence-electron chi connectivity index (χ1n) is 10.2. The average molecular weight is 401 g/mol. The molecule has 1 atom stereocenters. The van der Waals surface area contributed by atoms with Crippen molar-refractivity contribution >= 4 is 39.4 Å². The summed E-state index contributed by atoms with van der Waals surface area (Å²) in [4.78, 5) is 26.8. The van der Waals surface area contributed by atoms with Crippen LogP contribution in [-0.2, 0) is 16.1 Å². The number of benzene rings is 2. The molecule has 4 aromatic rings. The lowest BCUT2D eigenvalue weighted by molar-refractivity contribution is -0.126. The molecule has 2 amide bonds. The van der Waals surface area contributed by atoms with Crippen molar-refractivity contribution in [1.29, 1.82) is 0 Å². The zero-order valence-electron chi connectivity index (χ0n) is 16.8. The normalized spacial score (nSPS) is 16.6. The minimum Gasteiger partial charge on any atom is -0.354 e. The van der Waals surface area contributed by atoms with Gasteiger partial charge in [0, 0.05) is 43.2 Å². The summed E-state index contributed by atoms with van der Waals surface area (Å²) in [5.74, 6) is 0.0780. The first-order valence-corrected chi connectivity index (χ1v) is 10.2. The van der Waals surface area contributed by atoms with Crippen molar-refractivity contribution in [2.24, 2.45) is 5.92 Å². The number of carbonyl (C=O) groups excluding carboxylic acids is 2. The van der Waals surface area contributed by atoms with Crippen molar-refractivity contribution in [1.82, 2.24) is 20.1 Å². The second kappa shape index (κ2) is 7.33. The minimum atomic E-state index is -0.364. The lowest BCUT2D eigenvalue weighted by Crippen LogP contribution is -2.34. The van der Waals surface area contributed by atoms with Crippen molar-refractivity contribution in [2.75, 3.05) is 18.0 Å². The fourth-order valence-electron chi connectivity index (χ4n) is 4.20. The number of H-pyrrole nitrogens is 1. The zero-order chi connectivity index (χ0) is 20.7. The third-order valence-corrected chi connectivity index (χ3v) is 5.78. The van der Waals surface area contributed by atoms with Crippen LogP contribution in [0.15, 0.2) is 54.7 Å². The largest absolute Gasteiger partial charge is 0.354 e. The predicted octanol–water partition coefficient (Wildman–Crippen LogP) is 3.00. The Morgan fingerprint density at radius 2 is 2.10 bits per heavy atom. The molecule has 2 N–H and O–H groups in total. The van der Waals surface area contributed by atoms with E-state index in [1.54, 1.807) is 4.90 Å². The maximum atomic E-state index is 12.7. The highest BCUT2D eigenvalue weighted by Gasteiger charge is 2.36. The molecule has 2 aromatic carbocycles. The molecule has 3 heterocycles. The van der Waals surface area contributed by atoms with Crippen LogP contribution in [0.2, 0.25) is 0 Å². The number of para-hydroxylation sites is 1. The van der Waals surface area contributed by atoms with Gasteiger partial charge in [-0.05, 0) is 42.6 Å². The molecule has 5 rings (SSSR count). The maximum Gasteiger partial charge on any atom is 0.229 e. The summed E-state index contributed by atoms with van der Waals surface area (Å²) in [6.07, 6.45) is 2.25. The number of aryl methyl sites for hydroxylation is 1. The molecule has 0 unspecified atom stereocenters. The van der Waals surface area contributed by atoms with Gasteiger partial charge in [-0.3, -0.25) is 19.6 Å². The van der Waals surface area contributed by atoms with E-state index in [1.165, 1.54) is 10.9 Å². The predicted molar refractivity (Wildman–Crippen MR) is 116 cm³/mol. The first kappa shape index (κ1) is 18.4. The summed E-state index contributed by atoms with van der Waals surface area (Å²) in [5.41, 5.74) is 3.26. The monoisotopic (exact) mass is 401 g/mol. The molecule has 1 aliphatic rings. The second-order valence-electron chi connectivity index (χ2n) is 7.86. The summed E-state index contributed by atoms with van der Waals surface area (Å²) < 4.78 is 2.14. The van der Waals surface area contributed by atoms with E-state index in [4.69, 9.17) is 0 Å². The molecule has 30 heavy (non-hydrogen) atoms. The molecule has 0 saturated carbocycles. The van der Waals surface area contributed by atoms with Crippen molar-refractivity contribution in [3.63, 3.8) is 0 Å². The molecule has 0 radical (unpaired) electrons. The molecule has 1 fully saturated rings. The van der Waals surface area contributed by atoms with Gasteiger partial charge in [0.05, 0.1) is 11.4 Å². The molecule has 1 saturated heterocycles. The summed E-state index contributed by atoms with van der Waals surface area (Å²) in [7, 11) is 0. The Balaban J connectivity index is 1.22. The number of nitrogens with one attached hydrogen (secondary N) is 2. The van der Waals surface area contributed by atoms with Crippen LogP contribution in [0.25, 0.3) is 21.8 Å². The van der Waals surface area contributed by atoms with E-state index in [0.717, 1.165) is 16.4 Å². The van der Waals surface area contributed by atoms with Gasteiger partial charge in [-0.15, -0.1) is 0 Å². The number of aromatic nitrogens is 3. The van der Waals surface area contributed by atoms with Crippen molar-refractivity contribution in [3.8, 4) is 0 Å². The number of carbonyl (C=O) groups is 2. The van der Waals surface area contributed by atoms with E-state index in [2.05, 4.69) is 51.3 Å². The van der Waals surface area contributed by atoms with Gasteiger partial charge < -0.3 is 9.88 Å². The van der Waals surface area contributed by atoms with E-state index in [9.17, 15) is 9.59 Å². The van der Waals surface area contributed by atoms with E-state index in [1.807, 2.05) is 30.5 Å². The van der Waals surface area contributed by atoms with Gasteiger partial charge in [0.15, 0.2) is 5.82 Å². The third-order valence-electron chi connectivity index (χ3n) is 5.78. The quantitative estimate of drug-likeness (QED) is 0.539. The molecule has 0 spiro atoms. The number of hydrogen-bond donors (Lipinski definition) is 2. The van der Waals surface area contributed by atoms with Crippen molar-refractivity contribution in [3.05, 3.63) is 60.3 Å². The number of amides is 2. The number of rotatable bonds is 5. The molecule has 0 aliphatic carbocycles. The summed E-state index contributed by atoms with van der Waals surface area (Å²) >= 11 is 0. The number of nitrogens with zero attached hydrogens (tertiary/aromatic N) is 3. The van der Waals surface area contributed by atoms with Gasteiger partial charge in [0.1, 0.15) is 0 Å². The van der Waals surface area contributed by atoms with Crippen LogP contribution in [-0.4, -0.2) is 39.7 Å². The van der Waals surface area contributed by atoms with Crippen LogP contribution >= 0.6 is 0 Å². The molecule has 2 aromatic heterocycles. The van der Waals surface area contributed by atoms with Gasteiger partial charge in [-0.2, -0.15) is 5.10 Å². The first-order chi connectivity index (χ1) is 14.6. The van der Waals surface area contributed by atoms with Crippen LogP contribution in [0.4, 0.5) is 5.82 Å². The lowest BCUT2D eigenvalue weighted by atomic mass is 10.1. The molecule has 0 bridgehead atoms. The SMILES string of the molecule is Cc1ccc2c(ccn2CCNC(=O)[C@@H]2CC(=O)N(c3n[nH]c4ccccc34)C2)c1. The molecule has 152 valence electrons. The van der Waals surface area contributed by atoms with Crippen molar-refractivity contribution < 1.29 is 9.59 Å². The Labute approximate surface area is 173 Å². The summed E-state index contributed by atoms with van der Waals surface area (Å²) in [6.45, 7) is 3.64. The number of anilines is 1. The molecular formula is C23H23N5O2.